The molecule has 1 atom stereocenters. The maximum atomic E-state index is 13.5. The molecule has 1 aliphatic carbocycles. The van der Waals surface area contributed by atoms with Gasteiger partial charge in [-0.15, -0.1) is 5.10 Å². The zero-order valence-electron chi connectivity index (χ0n) is 20.2. The van der Waals surface area contributed by atoms with Crippen LogP contribution >= 0.6 is 23.2 Å². The Morgan fingerprint density at radius 2 is 2.00 bits per heavy atom. The van der Waals surface area contributed by atoms with E-state index < -0.39 is 11.9 Å². The largest absolute Gasteiger partial charge is 0.478 e. The number of carboxylic acids is 1. The molecular weight excluding hydrogens is 531 g/mol. The van der Waals surface area contributed by atoms with Crippen LogP contribution in [-0.4, -0.2) is 44.3 Å². The van der Waals surface area contributed by atoms with E-state index in [1.54, 1.807) is 21.7 Å². The van der Waals surface area contributed by atoms with E-state index in [9.17, 15) is 14.7 Å². The Bertz CT molecular complexity index is 1510. The zero-order chi connectivity index (χ0) is 26.8. The summed E-state index contributed by atoms with van der Waals surface area (Å²) in [6.45, 7) is 0. The number of anilines is 1. The van der Waals surface area contributed by atoms with Crippen LogP contribution in [0.5, 0.6) is 0 Å². The summed E-state index contributed by atoms with van der Waals surface area (Å²) in [5.74, 6) is -1.47. The van der Waals surface area contributed by atoms with Gasteiger partial charge in [0.25, 0.3) is 0 Å². The minimum absolute atomic E-state index is 0.0393. The molecule has 1 saturated carbocycles. The number of carboxylic acid groups (broad SMARTS) is 1. The van der Waals surface area contributed by atoms with E-state index in [0.717, 1.165) is 29.7 Å². The second-order valence-electron chi connectivity index (χ2n) is 8.99. The summed E-state index contributed by atoms with van der Waals surface area (Å²) in [5.41, 5.74) is 3.31. The van der Waals surface area contributed by atoms with E-state index >= 15 is 0 Å². The molecule has 1 unspecified atom stereocenters. The van der Waals surface area contributed by atoms with Crippen LogP contribution in [0.15, 0.2) is 61.1 Å². The minimum atomic E-state index is -1.10. The van der Waals surface area contributed by atoms with Crippen LogP contribution in [0.1, 0.15) is 41.2 Å². The molecule has 1 aliphatic rings. The van der Waals surface area contributed by atoms with Crippen LogP contribution in [0.4, 0.5) is 5.69 Å². The number of benzene rings is 2. The van der Waals surface area contributed by atoms with Crippen LogP contribution in [0.25, 0.3) is 16.8 Å². The smallest absolute Gasteiger partial charge is 0.335 e. The molecule has 10 nitrogen and oxygen atoms in total. The van der Waals surface area contributed by atoms with E-state index in [1.165, 1.54) is 31.6 Å². The third-order valence-electron chi connectivity index (χ3n) is 6.42. The van der Waals surface area contributed by atoms with Gasteiger partial charge in [0, 0.05) is 21.4 Å². The first-order valence-electron chi connectivity index (χ1n) is 11.8. The van der Waals surface area contributed by atoms with Crippen molar-refractivity contribution in [2.75, 3.05) is 12.4 Å². The molecule has 0 aliphatic heterocycles. The lowest BCUT2D eigenvalue weighted by Gasteiger charge is -2.16. The van der Waals surface area contributed by atoms with E-state index in [-0.39, 0.29) is 16.5 Å². The molecule has 194 valence electrons. The normalized spacial score (nSPS) is 13.7. The summed E-state index contributed by atoms with van der Waals surface area (Å²) in [5, 5.41) is 24.2. The highest BCUT2D eigenvalue weighted by Gasteiger charge is 2.37. The Balaban J connectivity index is 1.49. The van der Waals surface area contributed by atoms with E-state index in [1.807, 2.05) is 24.3 Å². The minimum Gasteiger partial charge on any atom is -0.478 e. The van der Waals surface area contributed by atoms with Crippen LogP contribution in [0.2, 0.25) is 10.0 Å². The van der Waals surface area contributed by atoms with Crippen molar-refractivity contribution in [1.29, 1.82) is 0 Å². The molecule has 5 rings (SSSR count). The van der Waals surface area contributed by atoms with Gasteiger partial charge < -0.3 is 10.4 Å². The second kappa shape index (κ2) is 10.8. The highest BCUT2D eigenvalue weighted by atomic mass is 35.5. The number of aromatic nitrogens is 5. The van der Waals surface area contributed by atoms with Crippen molar-refractivity contribution >= 4 is 40.8 Å². The van der Waals surface area contributed by atoms with Gasteiger partial charge in [0.2, 0.25) is 17.8 Å². The Kier molecular flexibility index (Phi) is 7.26. The Hall–Kier alpha value is -4.02. The number of amides is 1. The fourth-order valence-corrected chi connectivity index (χ4v) is 4.71. The van der Waals surface area contributed by atoms with E-state index in [4.69, 9.17) is 28.0 Å². The lowest BCUT2D eigenvalue weighted by Crippen LogP contribution is -2.47. The predicted octanol–water partition coefficient (Wildman–Crippen LogP) is 4.20. The molecule has 38 heavy (non-hydrogen) atoms. The highest BCUT2D eigenvalue weighted by Crippen LogP contribution is 2.39. The van der Waals surface area contributed by atoms with Crippen molar-refractivity contribution in [3.8, 4) is 16.8 Å². The lowest BCUT2D eigenvalue weighted by atomic mass is 9.95. The fourth-order valence-electron chi connectivity index (χ4n) is 4.31. The summed E-state index contributed by atoms with van der Waals surface area (Å²) in [7, 11) is 1.53. The van der Waals surface area contributed by atoms with Crippen molar-refractivity contribution in [1.82, 2.24) is 20.2 Å². The molecule has 12 heteroatoms. The molecule has 0 saturated heterocycles. The first-order chi connectivity index (χ1) is 18.3. The Morgan fingerprint density at radius 3 is 2.66 bits per heavy atom. The first-order valence-corrected chi connectivity index (χ1v) is 12.6. The Morgan fingerprint density at radius 1 is 1.18 bits per heavy atom. The summed E-state index contributed by atoms with van der Waals surface area (Å²) >= 11 is 12.6. The maximum Gasteiger partial charge on any atom is 0.335 e. The predicted molar refractivity (Wildman–Crippen MR) is 139 cm³/mol. The topological polar surface area (TPSA) is 123 Å². The third-order valence-corrected chi connectivity index (χ3v) is 6.97. The summed E-state index contributed by atoms with van der Waals surface area (Å²) in [6.07, 6.45) is 6.03. The van der Waals surface area contributed by atoms with Gasteiger partial charge in [0.15, 0.2) is 0 Å². The number of carbonyl (C=O) groups is 2. The molecule has 2 heterocycles. The third kappa shape index (κ3) is 5.46. The Labute approximate surface area is 227 Å². The fraction of sp³-hybridized carbons (Fsp3) is 0.231. The van der Waals surface area contributed by atoms with Gasteiger partial charge in [-0.1, -0.05) is 36.0 Å². The number of hydrogen-bond acceptors (Lipinski definition) is 6. The molecule has 0 bridgehead atoms. The highest BCUT2D eigenvalue weighted by molar-refractivity contribution is 6.34. The van der Waals surface area contributed by atoms with Crippen molar-refractivity contribution in [3.05, 3.63) is 82.4 Å². The van der Waals surface area contributed by atoms with Gasteiger partial charge in [0.1, 0.15) is 19.4 Å². The molecule has 1 fully saturated rings. The van der Waals surface area contributed by atoms with Gasteiger partial charge in [-0.3, -0.25) is 9.63 Å². The van der Waals surface area contributed by atoms with Gasteiger partial charge in [-0.25, -0.2) is 4.79 Å². The van der Waals surface area contributed by atoms with Crippen molar-refractivity contribution in [2.24, 2.45) is 5.92 Å². The lowest BCUT2D eigenvalue weighted by molar-refractivity contribution is -0.890. The van der Waals surface area contributed by atoms with Crippen LogP contribution < -0.4 is 14.9 Å². The van der Waals surface area contributed by atoms with Crippen LogP contribution in [-0.2, 0) is 4.79 Å². The zero-order valence-corrected chi connectivity index (χ0v) is 21.7. The van der Waals surface area contributed by atoms with Gasteiger partial charge in [-0.2, -0.15) is 4.68 Å². The van der Waals surface area contributed by atoms with Gasteiger partial charge in [-0.05, 0) is 65.2 Å². The average molecular weight is 554 g/mol. The molecule has 4 aromatic rings. The monoisotopic (exact) mass is 553 g/mol. The summed E-state index contributed by atoms with van der Waals surface area (Å²) in [6, 6.07) is 13.3. The van der Waals surface area contributed by atoms with Crippen LogP contribution in [0, 0.1) is 5.92 Å². The van der Waals surface area contributed by atoms with E-state index in [2.05, 4.69) is 20.8 Å². The number of tetrazole rings is 1. The number of carbonyl (C=O) groups excluding carboxylic acids is 1. The van der Waals surface area contributed by atoms with Crippen molar-refractivity contribution < 1.29 is 24.3 Å². The second-order valence-corrected chi connectivity index (χ2v) is 9.83. The molecule has 2 N–H and O–H groups in total. The summed E-state index contributed by atoms with van der Waals surface area (Å²) in [4.78, 5) is 30.4. The standard InChI is InChI=1S/C26H22Cl2N6O4/c1-38-34-13-17(19-12-18(27)6-9-23(19)33-14-29-31-32-33)5-8-24(34)20(10-15-2-3-15)25(35)30-22-7-4-16(26(36)37)11-21(22)28/h4-9,11-15,20H,2-3,10H2,1H3,(H-,30,35,36,37)/p+1. The quantitative estimate of drug-likeness (QED) is 0.297. The number of nitrogens with zero attached hydrogens (tertiary/aromatic N) is 5. The maximum absolute atomic E-state index is 13.5. The number of hydrogen-bond donors (Lipinski definition) is 2. The van der Waals surface area contributed by atoms with Gasteiger partial charge in [0.05, 0.1) is 27.5 Å². The van der Waals surface area contributed by atoms with Crippen molar-refractivity contribution in [3.63, 3.8) is 0 Å². The molecule has 2 aromatic carbocycles. The first kappa shape index (κ1) is 25.6. The SMILES string of the molecule is CO[n+]1cc(-c2cc(Cl)ccc2-n2cnnn2)ccc1C(CC1CC1)C(=O)Nc1ccc(C(=O)O)cc1Cl. The molecule has 2 aromatic heterocycles. The number of pyridine rings is 1. The number of halogens is 2. The number of rotatable bonds is 9. The molecule has 0 spiro atoms. The number of aromatic carboxylic acids is 1. The molecule has 1 amide bonds. The van der Waals surface area contributed by atoms with Gasteiger partial charge >= 0.3 is 5.97 Å². The van der Waals surface area contributed by atoms with E-state index in [0.29, 0.717) is 28.7 Å². The van der Waals surface area contributed by atoms with Crippen LogP contribution in [0.3, 0.4) is 0 Å². The number of nitrogens with one attached hydrogen (secondary N) is 1. The summed E-state index contributed by atoms with van der Waals surface area (Å²) < 4.78 is 3.11. The van der Waals surface area contributed by atoms with Crippen molar-refractivity contribution in [2.45, 2.75) is 25.2 Å². The average Bonchev–Trinajstić information content (AvgIpc) is 3.57. The molecule has 0 radical (unpaired) electrons. The molecular formula is C26H23Cl2N6O4+.